The van der Waals surface area contributed by atoms with Crippen LogP contribution in [0.1, 0.15) is 36.8 Å². The van der Waals surface area contributed by atoms with Crippen LogP contribution in [0.2, 0.25) is 0 Å². The Hall–Kier alpha value is -1.55. The molecule has 0 bridgehead atoms. The fourth-order valence-corrected chi connectivity index (χ4v) is 2.74. The highest BCUT2D eigenvalue weighted by Crippen LogP contribution is 2.28. The Balaban J connectivity index is 1.38. The Morgan fingerprint density at radius 3 is 3.00 bits per heavy atom. The van der Waals surface area contributed by atoms with E-state index in [2.05, 4.69) is 28.5 Å². The number of nitrogens with two attached hydrogens (primary N) is 1. The molecule has 0 aromatic heterocycles. The van der Waals surface area contributed by atoms with E-state index < -0.39 is 0 Å². The number of hydrogen-bond donors (Lipinski definition) is 2. The summed E-state index contributed by atoms with van der Waals surface area (Å²) in [5, 5.41) is 3.18. The largest absolute Gasteiger partial charge is 0.381 e. The fraction of sp³-hybridized carbons (Fsp3) is 0.588. The van der Waals surface area contributed by atoms with Crippen molar-refractivity contribution in [1.29, 1.82) is 0 Å². The second-order valence-electron chi connectivity index (χ2n) is 6.10. The number of hydrogen-bond acceptors (Lipinski definition) is 2. The monoisotopic (exact) mass is 287 g/mol. The lowest BCUT2D eigenvalue weighted by molar-refractivity contribution is 0.123. The predicted molar refractivity (Wildman–Crippen MR) is 86.7 cm³/mol. The molecule has 1 saturated carbocycles. The number of fused-ring (bicyclic) bond motifs is 1. The van der Waals surface area contributed by atoms with Gasteiger partial charge in [0.1, 0.15) is 0 Å². The predicted octanol–water partition coefficient (Wildman–Crippen LogP) is 2.72. The van der Waals surface area contributed by atoms with Gasteiger partial charge in [0.05, 0.1) is 0 Å². The Morgan fingerprint density at radius 1 is 1.29 bits per heavy atom. The molecule has 2 aliphatic carbocycles. The van der Waals surface area contributed by atoms with E-state index >= 15 is 0 Å². The van der Waals surface area contributed by atoms with Crippen LogP contribution in [0, 0.1) is 5.92 Å². The first-order valence-electron chi connectivity index (χ1n) is 8.08. The summed E-state index contributed by atoms with van der Waals surface area (Å²) in [5.41, 5.74) is 9.89. The molecular formula is C17H25N3O. The maximum atomic E-state index is 5.92. The van der Waals surface area contributed by atoms with Gasteiger partial charge >= 0.3 is 0 Å². The summed E-state index contributed by atoms with van der Waals surface area (Å²) >= 11 is 0. The molecule has 0 spiro atoms. The van der Waals surface area contributed by atoms with Gasteiger partial charge in [0.2, 0.25) is 0 Å². The van der Waals surface area contributed by atoms with Gasteiger partial charge < -0.3 is 15.8 Å². The van der Waals surface area contributed by atoms with Crippen LogP contribution in [0.5, 0.6) is 0 Å². The molecule has 0 unspecified atom stereocenters. The van der Waals surface area contributed by atoms with Gasteiger partial charge in [-0.05, 0) is 67.7 Å². The second-order valence-corrected chi connectivity index (χ2v) is 6.10. The molecule has 4 nitrogen and oxygen atoms in total. The number of nitrogens with zero attached hydrogens (tertiary/aromatic N) is 1. The number of aliphatic imine (C=N–C) groups is 1. The van der Waals surface area contributed by atoms with E-state index in [-0.39, 0.29) is 0 Å². The Morgan fingerprint density at radius 2 is 2.14 bits per heavy atom. The summed E-state index contributed by atoms with van der Waals surface area (Å²) < 4.78 is 5.58. The minimum atomic E-state index is 0.495. The number of nitrogens with one attached hydrogen (secondary N) is 1. The van der Waals surface area contributed by atoms with Gasteiger partial charge in [0.15, 0.2) is 5.96 Å². The summed E-state index contributed by atoms with van der Waals surface area (Å²) in [7, 11) is 0. The lowest BCUT2D eigenvalue weighted by Crippen LogP contribution is -2.23. The van der Waals surface area contributed by atoms with E-state index in [0.717, 1.165) is 31.2 Å². The van der Waals surface area contributed by atoms with Crippen LogP contribution in [-0.2, 0) is 17.6 Å². The lowest BCUT2D eigenvalue weighted by Gasteiger charge is -2.08. The van der Waals surface area contributed by atoms with E-state index in [4.69, 9.17) is 10.5 Å². The molecule has 21 heavy (non-hydrogen) atoms. The van der Waals surface area contributed by atoms with Crippen molar-refractivity contribution in [1.82, 2.24) is 0 Å². The third-order valence-electron chi connectivity index (χ3n) is 4.15. The van der Waals surface area contributed by atoms with E-state index in [1.165, 1.54) is 43.2 Å². The molecule has 3 N–H and O–H groups in total. The topological polar surface area (TPSA) is 59.6 Å². The summed E-state index contributed by atoms with van der Waals surface area (Å²) in [6.45, 7) is 2.42. The standard InChI is InChI=1S/C17H25N3O/c18-17(19-9-2-10-21-12-13-5-6-13)20-16-8-7-14-3-1-4-15(14)11-16/h7-8,11,13H,1-6,9-10,12H2,(H3,18,19,20). The van der Waals surface area contributed by atoms with Gasteiger partial charge in [0, 0.05) is 25.4 Å². The normalized spacial score (nSPS) is 17.8. The van der Waals surface area contributed by atoms with Crippen molar-refractivity contribution in [3.63, 3.8) is 0 Å². The van der Waals surface area contributed by atoms with E-state index in [1.54, 1.807) is 0 Å². The summed E-state index contributed by atoms with van der Waals surface area (Å²) in [6, 6.07) is 6.48. The smallest absolute Gasteiger partial charge is 0.193 e. The molecular weight excluding hydrogens is 262 g/mol. The molecule has 1 aromatic carbocycles. The minimum Gasteiger partial charge on any atom is -0.381 e. The lowest BCUT2D eigenvalue weighted by atomic mass is 10.1. The van der Waals surface area contributed by atoms with Crippen LogP contribution in [0.15, 0.2) is 23.2 Å². The quantitative estimate of drug-likeness (QED) is 0.460. The van der Waals surface area contributed by atoms with Crippen molar-refractivity contribution in [2.24, 2.45) is 16.6 Å². The molecule has 0 heterocycles. The number of ether oxygens (including phenoxy) is 1. The third-order valence-corrected chi connectivity index (χ3v) is 4.15. The van der Waals surface area contributed by atoms with Crippen molar-refractivity contribution >= 4 is 11.6 Å². The van der Waals surface area contributed by atoms with Crippen molar-refractivity contribution in [2.75, 3.05) is 25.1 Å². The molecule has 0 amide bonds. The molecule has 4 heteroatoms. The number of anilines is 1. The summed E-state index contributed by atoms with van der Waals surface area (Å²) in [5.74, 6) is 1.33. The van der Waals surface area contributed by atoms with Gasteiger partial charge in [-0.15, -0.1) is 0 Å². The highest BCUT2D eigenvalue weighted by molar-refractivity contribution is 5.92. The van der Waals surface area contributed by atoms with Crippen molar-refractivity contribution < 1.29 is 4.74 Å². The molecule has 0 aliphatic heterocycles. The van der Waals surface area contributed by atoms with Gasteiger partial charge in [-0.25, -0.2) is 0 Å². The molecule has 3 rings (SSSR count). The maximum Gasteiger partial charge on any atom is 0.193 e. The third kappa shape index (κ3) is 4.46. The van der Waals surface area contributed by atoms with E-state index in [1.807, 2.05) is 0 Å². The first-order valence-corrected chi connectivity index (χ1v) is 8.08. The van der Waals surface area contributed by atoms with E-state index in [9.17, 15) is 0 Å². The van der Waals surface area contributed by atoms with Crippen LogP contribution in [0.4, 0.5) is 5.69 Å². The Kier molecular flexibility index (Phi) is 4.76. The van der Waals surface area contributed by atoms with Crippen LogP contribution >= 0.6 is 0 Å². The zero-order valence-electron chi connectivity index (χ0n) is 12.6. The Bertz CT molecular complexity index is 509. The summed E-state index contributed by atoms with van der Waals surface area (Å²) in [4.78, 5) is 4.35. The molecule has 0 radical (unpaired) electrons. The molecule has 1 fully saturated rings. The van der Waals surface area contributed by atoms with E-state index in [0.29, 0.717) is 12.5 Å². The number of benzene rings is 1. The zero-order valence-corrected chi connectivity index (χ0v) is 12.6. The minimum absolute atomic E-state index is 0.495. The van der Waals surface area contributed by atoms with Gasteiger partial charge in [0.25, 0.3) is 0 Å². The molecule has 0 saturated heterocycles. The molecule has 0 atom stereocenters. The Labute approximate surface area is 126 Å². The average Bonchev–Trinajstić information content (AvgIpc) is 3.18. The van der Waals surface area contributed by atoms with Crippen LogP contribution in [0.3, 0.4) is 0 Å². The second kappa shape index (κ2) is 6.94. The van der Waals surface area contributed by atoms with Gasteiger partial charge in [-0.3, -0.25) is 4.99 Å². The zero-order chi connectivity index (χ0) is 14.5. The average molecular weight is 287 g/mol. The SMILES string of the molecule is NC(=NCCCOCC1CC1)Nc1ccc2c(c1)CCC2. The van der Waals surface area contributed by atoms with Crippen LogP contribution < -0.4 is 11.1 Å². The van der Waals surface area contributed by atoms with Crippen molar-refractivity contribution in [3.8, 4) is 0 Å². The van der Waals surface area contributed by atoms with Crippen molar-refractivity contribution in [3.05, 3.63) is 29.3 Å². The molecule has 1 aromatic rings. The highest BCUT2D eigenvalue weighted by atomic mass is 16.5. The van der Waals surface area contributed by atoms with Crippen LogP contribution in [0.25, 0.3) is 0 Å². The first-order chi connectivity index (χ1) is 10.3. The molecule has 114 valence electrons. The van der Waals surface area contributed by atoms with Gasteiger partial charge in [-0.1, -0.05) is 6.07 Å². The van der Waals surface area contributed by atoms with Crippen LogP contribution in [-0.4, -0.2) is 25.7 Å². The molecule has 2 aliphatic rings. The first kappa shape index (κ1) is 14.4. The van der Waals surface area contributed by atoms with Gasteiger partial charge in [-0.2, -0.15) is 0 Å². The number of guanidine groups is 1. The van der Waals surface area contributed by atoms with Crippen molar-refractivity contribution in [2.45, 2.75) is 38.5 Å². The summed E-state index contributed by atoms with van der Waals surface area (Å²) in [6.07, 6.45) is 7.27. The number of rotatable bonds is 7. The number of aryl methyl sites for hydroxylation is 2. The highest BCUT2D eigenvalue weighted by Gasteiger charge is 2.20. The fourth-order valence-electron chi connectivity index (χ4n) is 2.74. The maximum absolute atomic E-state index is 5.92.